The zero-order valence-corrected chi connectivity index (χ0v) is 14.9. The van der Waals surface area contributed by atoms with E-state index in [-0.39, 0.29) is 23.8 Å². The van der Waals surface area contributed by atoms with Gasteiger partial charge in [-0.25, -0.2) is 0 Å². The van der Waals surface area contributed by atoms with Gasteiger partial charge < -0.3 is 8.85 Å². The quantitative estimate of drug-likeness (QED) is 0.472. The first-order valence-corrected chi connectivity index (χ1v) is 9.94. The van der Waals surface area contributed by atoms with Crippen molar-refractivity contribution in [3.63, 3.8) is 0 Å². The highest BCUT2D eigenvalue weighted by atomic mass is 28.2. The Labute approximate surface area is 115 Å². The van der Waals surface area contributed by atoms with E-state index in [1.807, 2.05) is 27.7 Å². The third kappa shape index (κ3) is 9.41. The molecule has 0 atom stereocenters. The van der Waals surface area contributed by atoms with Gasteiger partial charge in [0.1, 0.15) is 0 Å². The molecule has 0 radical (unpaired) electrons. The summed E-state index contributed by atoms with van der Waals surface area (Å²) in [6, 6.07) is 2.07. The summed E-state index contributed by atoms with van der Waals surface area (Å²) in [6.45, 7) is 7.41. The van der Waals surface area contributed by atoms with Gasteiger partial charge in [-0.15, -0.1) is 0 Å². The Balaban J connectivity index is 3.27. The lowest BCUT2D eigenvalue weighted by molar-refractivity contribution is -0.138. The lowest BCUT2D eigenvalue weighted by Gasteiger charge is -2.08. The van der Waals surface area contributed by atoms with Crippen LogP contribution >= 0.6 is 0 Å². The van der Waals surface area contributed by atoms with E-state index in [2.05, 4.69) is 0 Å². The third-order valence-corrected chi connectivity index (χ3v) is 5.02. The number of hydrogen-bond acceptors (Lipinski definition) is 4. The molecule has 0 N–H and O–H groups in total. The molecule has 18 heavy (non-hydrogen) atoms. The normalized spacial score (nSPS) is 12.1. The van der Waals surface area contributed by atoms with Crippen molar-refractivity contribution in [2.75, 3.05) is 0 Å². The van der Waals surface area contributed by atoms with E-state index in [0.717, 1.165) is 24.9 Å². The SMILES string of the molecule is CC(C)C(=O)O[SiH2]CCCC[SiH2]OC(=O)C(C)C. The van der Waals surface area contributed by atoms with Crippen LogP contribution in [0.25, 0.3) is 0 Å². The van der Waals surface area contributed by atoms with E-state index >= 15 is 0 Å². The number of unbranched alkanes of at least 4 members (excludes halogenated alkanes) is 1. The van der Waals surface area contributed by atoms with Crippen molar-refractivity contribution < 1.29 is 18.4 Å². The van der Waals surface area contributed by atoms with Crippen LogP contribution in [-0.4, -0.2) is 31.5 Å². The Bertz CT molecular complexity index is 228. The van der Waals surface area contributed by atoms with E-state index in [1.54, 1.807) is 0 Å². The fourth-order valence-corrected chi connectivity index (χ4v) is 3.71. The summed E-state index contributed by atoms with van der Waals surface area (Å²) in [5.74, 6) is -0.162. The topological polar surface area (TPSA) is 52.6 Å². The van der Waals surface area contributed by atoms with Gasteiger partial charge >= 0.3 is 0 Å². The monoisotopic (exact) mass is 290 g/mol. The van der Waals surface area contributed by atoms with Crippen molar-refractivity contribution in [3.05, 3.63) is 0 Å². The van der Waals surface area contributed by atoms with Gasteiger partial charge in [-0.05, 0) is 12.1 Å². The summed E-state index contributed by atoms with van der Waals surface area (Å²) >= 11 is 0. The standard InChI is InChI=1S/C12H26O4Si2/c1-9(2)11(13)15-17-7-5-6-8-18-16-12(14)10(3)4/h9-10H,5-8,17-18H2,1-4H3. The molecule has 0 aliphatic rings. The molecule has 106 valence electrons. The molecule has 0 aliphatic carbocycles. The minimum absolute atomic E-state index is 0.0136. The Morgan fingerprint density at radius 1 is 0.833 bits per heavy atom. The number of carbonyl (C=O) groups excluding carboxylic acids is 2. The van der Waals surface area contributed by atoms with Crippen LogP contribution < -0.4 is 0 Å². The van der Waals surface area contributed by atoms with Gasteiger partial charge in [0.25, 0.3) is 11.9 Å². The van der Waals surface area contributed by atoms with Gasteiger partial charge in [-0.3, -0.25) is 9.59 Å². The smallest absolute Gasteiger partial charge is 0.294 e. The van der Waals surface area contributed by atoms with E-state index in [9.17, 15) is 9.59 Å². The van der Waals surface area contributed by atoms with Crippen molar-refractivity contribution in [2.45, 2.75) is 52.6 Å². The first-order chi connectivity index (χ1) is 8.45. The second-order valence-electron chi connectivity index (χ2n) is 5.06. The summed E-state index contributed by atoms with van der Waals surface area (Å²) < 4.78 is 10.4. The fourth-order valence-electron chi connectivity index (χ4n) is 1.24. The van der Waals surface area contributed by atoms with Crippen molar-refractivity contribution in [1.29, 1.82) is 0 Å². The van der Waals surface area contributed by atoms with Crippen LogP contribution in [-0.2, 0) is 18.4 Å². The molecule has 0 aromatic rings. The average molecular weight is 291 g/mol. The molecule has 0 spiro atoms. The number of rotatable bonds is 9. The maximum atomic E-state index is 11.2. The van der Waals surface area contributed by atoms with Gasteiger partial charge in [0, 0.05) is 11.8 Å². The largest absolute Gasteiger partial charge is 0.525 e. The molecule has 0 saturated heterocycles. The van der Waals surface area contributed by atoms with Crippen LogP contribution in [0, 0.1) is 11.8 Å². The average Bonchev–Trinajstić information content (AvgIpc) is 2.31. The summed E-state index contributed by atoms with van der Waals surface area (Å²) in [5, 5.41) is 0. The van der Waals surface area contributed by atoms with E-state index in [4.69, 9.17) is 8.85 Å². The van der Waals surface area contributed by atoms with Gasteiger partial charge in [-0.2, -0.15) is 0 Å². The Kier molecular flexibility index (Phi) is 9.95. The van der Waals surface area contributed by atoms with Crippen LogP contribution in [0.1, 0.15) is 40.5 Å². The molecule has 0 amide bonds. The summed E-state index contributed by atoms with van der Waals surface area (Å²) in [5.41, 5.74) is 0. The van der Waals surface area contributed by atoms with Gasteiger partial charge in [0.15, 0.2) is 0 Å². The highest BCUT2D eigenvalue weighted by Crippen LogP contribution is 2.03. The van der Waals surface area contributed by atoms with Gasteiger partial charge in [0.05, 0.1) is 0 Å². The second-order valence-corrected chi connectivity index (χ2v) is 7.87. The lowest BCUT2D eigenvalue weighted by atomic mass is 10.2. The zero-order valence-electron chi connectivity index (χ0n) is 12.0. The van der Waals surface area contributed by atoms with Gasteiger partial charge in [0.2, 0.25) is 19.5 Å². The first-order valence-electron chi connectivity index (χ1n) is 6.78. The van der Waals surface area contributed by atoms with Crippen molar-refractivity contribution >= 4 is 31.5 Å². The Hall–Kier alpha value is -0.626. The molecule has 4 nitrogen and oxygen atoms in total. The van der Waals surface area contributed by atoms with Crippen molar-refractivity contribution in [1.82, 2.24) is 0 Å². The third-order valence-electron chi connectivity index (χ3n) is 2.47. The molecule has 0 bridgehead atoms. The number of carbonyl (C=O) groups is 2. The molecule has 0 heterocycles. The zero-order chi connectivity index (χ0) is 14.0. The van der Waals surface area contributed by atoms with Crippen molar-refractivity contribution in [3.8, 4) is 0 Å². The molecule has 0 aromatic heterocycles. The van der Waals surface area contributed by atoms with E-state index in [1.165, 1.54) is 0 Å². The predicted octanol–water partition coefficient (Wildman–Crippen LogP) is 1.17. The van der Waals surface area contributed by atoms with Crippen LogP contribution in [0.15, 0.2) is 0 Å². The Morgan fingerprint density at radius 2 is 1.17 bits per heavy atom. The summed E-state index contributed by atoms with van der Waals surface area (Å²) in [7, 11) is -1.37. The van der Waals surface area contributed by atoms with Crippen LogP contribution in [0.3, 0.4) is 0 Å². The second kappa shape index (κ2) is 10.3. The highest BCUT2D eigenvalue weighted by Gasteiger charge is 2.08. The molecule has 0 aliphatic heterocycles. The molecule has 0 fully saturated rings. The minimum atomic E-state index is -0.684. The summed E-state index contributed by atoms with van der Waals surface area (Å²) in [6.07, 6.45) is 2.17. The lowest BCUT2D eigenvalue weighted by Crippen LogP contribution is -2.15. The predicted molar refractivity (Wildman–Crippen MR) is 77.8 cm³/mol. The van der Waals surface area contributed by atoms with Crippen LogP contribution in [0.4, 0.5) is 0 Å². The molecule has 6 heteroatoms. The van der Waals surface area contributed by atoms with E-state index in [0.29, 0.717) is 0 Å². The van der Waals surface area contributed by atoms with Crippen LogP contribution in [0.2, 0.25) is 12.1 Å². The van der Waals surface area contributed by atoms with E-state index < -0.39 is 19.5 Å². The Morgan fingerprint density at radius 3 is 1.44 bits per heavy atom. The maximum absolute atomic E-state index is 11.2. The first kappa shape index (κ1) is 17.4. The molecule has 0 unspecified atom stereocenters. The fraction of sp³-hybridized carbons (Fsp3) is 0.833. The highest BCUT2D eigenvalue weighted by molar-refractivity contribution is 6.31. The molecular weight excluding hydrogens is 264 g/mol. The molecule has 0 aromatic carbocycles. The minimum Gasteiger partial charge on any atom is -0.525 e. The number of hydrogen-bond donors (Lipinski definition) is 0. The van der Waals surface area contributed by atoms with Crippen molar-refractivity contribution in [2.24, 2.45) is 11.8 Å². The summed E-state index contributed by atoms with van der Waals surface area (Å²) in [4.78, 5) is 22.4. The molecule has 0 rings (SSSR count). The molecular formula is C12H26O4Si2. The van der Waals surface area contributed by atoms with Crippen LogP contribution in [0.5, 0.6) is 0 Å². The molecule has 0 saturated carbocycles. The maximum Gasteiger partial charge on any atom is 0.294 e. The van der Waals surface area contributed by atoms with Gasteiger partial charge in [-0.1, -0.05) is 40.5 Å².